The second kappa shape index (κ2) is 12.7. The molecule has 2 N–H and O–H groups in total. The van der Waals surface area contributed by atoms with Crippen molar-refractivity contribution in [2.75, 3.05) is 44.4 Å². The molecule has 1 aliphatic rings. The number of rotatable bonds is 8. The Morgan fingerprint density at radius 2 is 1.90 bits per heavy atom. The number of benzene rings is 1. The molecule has 0 bridgehead atoms. The SMILES string of the molecule is CCCS(=O)(=O)N1CCC(NC(=NCc2ccc(N(C)C)cc2C)NCC)CC1.I. The summed E-state index contributed by atoms with van der Waals surface area (Å²) in [7, 11) is 0.980. The summed E-state index contributed by atoms with van der Waals surface area (Å²) in [5, 5.41) is 6.80. The summed E-state index contributed by atoms with van der Waals surface area (Å²) in [4.78, 5) is 6.86. The summed E-state index contributed by atoms with van der Waals surface area (Å²) in [5.41, 5.74) is 3.61. The number of piperidine rings is 1. The van der Waals surface area contributed by atoms with Gasteiger partial charge in [0.05, 0.1) is 12.3 Å². The van der Waals surface area contributed by atoms with E-state index in [0.717, 1.165) is 25.3 Å². The quantitative estimate of drug-likeness (QED) is 0.295. The molecule has 1 saturated heterocycles. The van der Waals surface area contributed by atoms with Crippen molar-refractivity contribution in [2.24, 2.45) is 4.99 Å². The van der Waals surface area contributed by atoms with Gasteiger partial charge in [-0.2, -0.15) is 0 Å². The lowest BCUT2D eigenvalue weighted by molar-refractivity contribution is 0.306. The Morgan fingerprint density at radius 1 is 1.23 bits per heavy atom. The molecule has 0 amide bonds. The van der Waals surface area contributed by atoms with Gasteiger partial charge < -0.3 is 15.5 Å². The summed E-state index contributed by atoms with van der Waals surface area (Å²) in [6.07, 6.45) is 2.25. The van der Waals surface area contributed by atoms with Crippen LogP contribution in [0.1, 0.15) is 44.2 Å². The van der Waals surface area contributed by atoms with Gasteiger partial charge in [-0.25, -0.2) is 17.7 Å². The number of anilines is 1. The van der Waals surface area contributed by atoms with E-state index in [-0.39, 0.29) is 35.8 Å². The first-order valence-corrected chi connectivity index (χ1v) is 12.2. The molecular weight excluding hydrogens is 513 g/mol. The predicted octanol–water partition coefficient (Wildman–Crippen LogP) is 2.94. The fraction of sp³-hybridized carbons (Fsp3) is 0.667. The Labute approximate surface area is 199 Å². The van der Waals surface area contributed by atoms with Crippen LogP contribution < -0.4 is 15.5 Å². The second-order valence-electron chi connectivity index (χ2n) is 7.83. The van der Waals surface area contributed by atoms with Crippen LogP contribution in [0.25, 0.3) is 0 Å². The summed E-state index contributed by atoms with van der Waals surface area (Å²) in [5.74, 6) is 1.03. The fourth-order valence-corrected chi connectivity index (χ4v) is 5.02. The first kappa shape index (κ1) is 27.0. The highest BCUT2D eigenvalue weighted by Crippen LogP contribution is 2.18. The van der Waals surface area contributed by atoms with Crippen LogP contribution in [0.5, 0.6) is 0 Å². The molecular formula is C21H38IN5O2S. The van der Waals surface area contributed by atoms with Crippen LogP contribution in [0.4, 0.5) is 5.69 Å². The molecule has 172 valence electrons. The van der Waals surface area contributed by atoms with E-state index in [1.54, 1.807) is 4.31 Å². The van der Waals surface area contributed by atoms with E-state index in [1.807, 2.05) is 27.9 Å². The number of halogens is 1. The Bertz CT molecular complexity index is 791. The average Bonchev–Trinajstić information content (AvgIpc) is 2.67. The molecule has 0 aromatic heterocycles. The van der Waals surface area contributed by atoms with Crippen LogP contribution in [-0.2, 0) is 16.6 Å². The van der Waals surface area contributed by atoms with Crippen molar-refractivity contribution in [2.45, 2.75) is 52.6 Å². The van der Waals surface area contributed by atoms with Gasteiger partial charge in [0, 0.05) is 45.5 Å². The maximum absolute atomic E-state index is 12.2. The van der Waals surface area contributed by atoms with E-state index in [2.05, 4.69) is 40.7 Å². The highest BCUT2D eigenvalue weighted by atomic mass is 127. The number of nitrogens with zero attached hydrogens (tertiary/aromatic N) is 3. The van der Waals surface area contributed by atoms with E-state index in [9.17, 15) is 8.42 Å². The van der Waals surface area contributed by atoms with Crippen LogP contribution in [0.3, 0.4) is 0 Å². The first-order valence-electron chi connectivity index (χ1n) is 10.6. The summed E-state index contributed by atoms with van der Waals surface area (Å²) >= 11 is 0. The molecule has 0 saturated carbocycles. The van der Waals surface area contributed by atoms with Crippen molar-refractivity contribution in [3.05, 3.63) is 29.3 Å². The molecule has 1 fully saturated rings. The number of guanidine groups is 1. The third-order valence-corrected chi connectivity index (χ3v) is 7.32. The van der Waals surface area contributed by atoms with Gasteiger partial charge in [0.1, 0.15) is 0 Å². The van der Waals surface area contributed by atoms with E-state index in [4.69, 9.17) is 4.99 Å². The Hall–Kier alpha value is -1.07. The van der Waals surface area contributed by atoms with Gasteiger partial charge in [-0.1, -0.05) is 13.0 Å². The smallest absolute Gasteiger partial charge is 0.214 e. The molecule has 1 aromatic rings. The van der Waals surface area contributed by atoms with Gasteiger partial charge in [-0.05, 0) is 56.4 Å². The lowest BCUT2D eigenvalue weighted by atomic mass is 10.1. The van der Waals surface area contributed by atoms with Crippen molar-refractivity contribution >= 4 is 45.6 Å². The molecule has 30 heavy (non-hydrogen) atoms. The third-order valence-electron chi connectivity index (χ3n) is 5.24. The van der Waals surface area contributed by atoms with Crippen molar-refractivity contribution in [3.63, 3.8) is 0 Å². The monoisotopic (exact) mass is 551 g/mol. The molecule has 0 spiro atoms. The van der Waals surface area contributed by atoms with Gasteiger partial charge in [0.15, 0.2) is 5.96 Å². The number of sulfonamides is 1. The van der Waals surface area contributed by atoms with Crippen LogP contribution in [0.15, 0.2) is 23.2 Å². The van der Waals surface area contributed by atoms with Crippen LogP contribution in [0.2, 0.25) is 0 Å². The van der Waals surface area contributed by atoms with Crippen molar-refractivity contribution in [1.29, 1.82) is 0 Å². The normalized spacial score (nSPS) is 16.1. The summed E-state index contributed by atoms with van der Waals surface area (Å²) in [6, 6.07) is 6.66. The maximum Gasteiger partial charge on any atom is 0.214 e. The van der Waals surface area contributed by atoms with Gasteiger partial charge >= 0.3 is 0 Å². The zero-order valence-corrected chi connectivity index (χ0v) is 22.1. The number of aryl methyl sites for hydroxylation is 1. The van der Waals surface area contributed by atoms with E-state index in [1.165, 1.54) is 16.8 Å². The van der Waals surface area contributed by atoms with Crippen molar-refractivity contribution in [1.82, 2.24) is 14.9 Å². The first-order chi connectivity index (χ1) is 13.8. The molecule has 0 unspecified atom stereocenters. The molecule has 0 aliphatic carbocycles. The van der Waals surface area contributed by atoms with Crippen LogP contribution in [0, 0.1) is 6.92 Å². The lowest BCUT2D eigenvalue weighted by Crippen LogP contribution is -2.50. The second-order valence-corrected chi connectivity index (χ2v) is 9.92. The van der Waals surface area contributed by atoms with Gasteiger partial charge in [0.25, 0.3) is 0 Å². The molecule has 1 aromatic carbocycles. The zero-order chi connectivity index (χ0) is 21.4. The minimum atomic E-state index is -3.10. The topological polar surface area (TPSA) is 77.0 Å². The summed E-state index contributed by atoms with van der Waals surface area (Å²) < 4.78 is 26.1. The largest absolute Gasteiger partial charge is 0.378 e. The molecule has 9 heteroatoms. The number of hydrogen-bond donors (Lipinski definition) is 2. The minimum absolute atomic E-state index is 0. The van der Waals surface area contributed by atoms with E-state index in [0.29, 0.717) is 26.1 Å². The molecule has 7 nitrogen and oxygen atoms in total. The Kier molecular flexibility index (Phi) is 11.4. The minimum Gasteiger partial charge on any atom is -0.378 e. The highest BCUT2D eigenvalue weighted by Gasteiger charge is 2.27. The average molecular weight is 552 g/mol. The number of hydrogen-bond acceptors (Lipinski definition) is 4. The van der Waals surface area contributed by atoms with Crippen LogP contribution in [-0.4, -0.2) is 64.2 Å². The zero-order valence-electron chi connectivity index (χ0n) is 18.9. The molecule has 0 atom stereocenters. The number of nitrogens with one attached hydrogen (secondary N) is 2. The number of aliphatic imine (C=N–C) groups is 1. The maximum atomic E-state index is 12.2. The standard InChI is InChI=1S/C21H37N5O2S.HI/c1-6-14-29(27,28)26-12-10-19(11-13-26)24-21(22-7-2)23-16-18-8-9-20(25(4)5)15-17(18)3;/h8-9,15,19H,6-7,10-14,16H2,1-5H3,(H2,22,23,24);1H. The summed E-state index contributed by atoms with van der Waals surface area (Å²) in [6.45, 7) is 8.61. The van der Waals surface area contributed by atoms with E-state index >= 15 is 0 Å². The van der Waals surface area contributed by atoms with E-state index < -0.39 is 10.0 Å². The molecule has 1 aliphatic heterocycles. The van der Waals surface area contributed by atoms with Gasteiger partial charge in [0.2, 0.25) is 10.0 Å². The lowest BCUT2D eigenvalue weighted by Gasteiger charge is -2.32. The van der Waals surface area contributed by atoms with Gasteiger partial charge in [-0.3, -0.25) is 0 Å². The third kappa shape index (κ3) is 7.88. The van der Waals surface area contributed by atoms with Gasteiger partial charge in [-0.15, -0.1) is 24.0 Å². The Balaban J connectivity index is 0.00000450. The molecule has 2 rings (SSSR count). The fourth-order valence-electron chi connectivity index (χ4n) is 3.48. The predicted molar refractivity (Wildman–Crippen MR) is 138 cm³/mol. The molecule has 1 heterocycles. The van der Waals surface area contributed by atoms with Crippen LogP contribution >= 0.6 is 24.0 Å². The highest BCUT2D eigenvalue weighted by molar-refractivity contribution is 14.0. The van der Waals surface area contributed by atoms with Crippen molar-refractivity contribution in [3.8, 4) is 0 Å². The Morgan fingerprint density at radius 3 is 2.43 bits per heavy atom. The van der Waals surface area contributed by atoms with Crippen molar-refractivity contribution < 1.29 is 8.42 Å². The molecule has 0 radical (unpaired) electrons.